The average molecular weight is 213 g/mol. The lowest BCUT2D eigenvalue weighted by Crippen LogP contribution is -2.15. The summed E-state index contributed by atoms with van der Waals surface area (Å²) in [6.45, 7) is 0.731. The zero-order valence-electron chi connectivity index (χ0n) is 8.23. The Labute approximate surface area is 86.9 Å². The Morgan fingerprint density at radius 1 is 1.36 bits per heavy atom. The van der Waals surface area contributed by atoms with Gasteiger partial charge in [0, 0.05) is 17.2 Å². The summed E-state index contributed by atoms with van der Waals surface area (Å²) in [7, 11) is 0.695. The fourth-order valence-corrected chi connectivity index (χ4v) is 2.17. The maximum atomic E-state index is 11.7. The number of benzene rings is 1. The number of hydroxylamine groups is 1. The summed E-state index contributed by atoms with van der Waals surface area (Å²) in [5, 5.41) is 0. The Morgan fingerprint density at radius 3 is 2.71 bits per heavy atom. The summed E-state index contributed by atoms with van der Waals surface area (Å²) in [5.74, 6) is 0.667. The summed E-state index contributed by atoms with van der Waals surface area (Å²) >= 11 is 0. The Bertz CT molecular complexity index is 277. The average Bonchev–Trinajstić information content (AvgIpc) is 2.25. The molecule has 1 aromatic carbocycles. The molecular weight excluding hydrogens is 198 g/mol. The van der Waals surface area contributed by atoms with Crippen molar-refractivity contribution in [3.05, 3.63) is 30.3 Å². The zero-order valence-corrected chi connectivity index (χ0v) is 9.05. The van der Waals surface area contributed by atoms with Gasteiger partial charge in [0.25, 0.3) is 0 Å². The smallest absolute Gasteiger partial charge is 0.0572 e. The third-order valence-electron chi connectivity index (χ3n) is 1.76. The van der Waals surface area contributed by atoms with Gasteiger partial charge in [0.2, 0.25) is 0 Å². The van der Waals surface area contributed by atoms with E-state index in [2.05, 4.69) is 10.3 Å². The molecule has 78 valence electrons. The van der Waals surface area contributed by atoms with Crippen molar-refractivity contribution in [3.63, 3.8) is 0 Å². The summed E-state index contributed by atoms with van der Waals surface area (Å²) in [4.78, 5) is 5.57. The molecule has 1 rings (SSSR count). The van der Waals surface area contributed by atoms with E-state index in [1.54, 1.807) is 7.11 Å². The highest BCUT2D eigenvalue weighted by Crippen LogP contribution is 2.05. The number of rotatable bonds is 6. The Kier molecular flexibility index (Phi) is 5.44. The monoisotopic (exact) mass is 213 g/mol. The van der Waals surface area contributed by atoms with Crippen LogP contribution in [0.25, 0.3) is 0 Å². The Hall–Kier alpha value is -0.710. The second-order valence-corrected chi connectivity index (χ2v) is 4.39. The highest BCUT2D eigenvalue weighted by molar-refractivity contribution is 7.85. The molecule has 0 spiro atoms. The van der Waals surface area contributed by atoms with Crippen LogP contribution in [-0.4, -0.2) is 23.6 Å². The molecule has 0 aromatic heterocycles. The largest absolute Gasteiger partial charge is 0.305 e. The normalized spacial score (nSPS) is 12.6. The van der Waals surface area contributed by atoms with Crippen molar-refractivity contribution < 1.29 is 9.05 Å². The van der Waals surface area contributed by atoms with Crippen LogP contribution in [0.15, 0.2) is 35.2 Å². The van der Waals surface area contributed by atoms with Crippen molar-refractivity contribution in [1.82, 2.24) is 5.48 Å². The van der Waals surface area contributed by atoms with Crippen LogP contribution < -0.4 is 5.48 Å². The first-order valence-corrected chi connectivity index (χ1v) is 5.86. The van der Waals surface area contributed by atoms with Gasteiger partial charge in [0.05, 0.1) is 17.9 Å². The number of nitrogens with one attached hydrogen (secondary N) is 1. The summed E-state index contributed by atoms with van der Waals surface area (Å²) in [6, 6.07) is 9.51. The first-order valence-electron chi connectivity index (χ1n) is 4.54. The minimum Gasteiger partial charge on any atom is -0.305 e. The maximum Gasteiger partial charge on any atom is 0.0572 e. The molecule has 4 heteroatoms. The lowest BCUT2D eigenvalue weighted by Gasteiger charge is -2.02. The van der Waals surface area contributed by atoms with Gasteiger partial charge in [-0.05, 0) is 18.6 Å². The fourth-order valence-electron chi connectivity index (χ4n) is 1.07. The third kappa shape index (κ3) is 4.00. The zero-order chi connectivity index (χ0) is 10.2. The van der Waals surface area contributed by atoms with Crippen molar-refractivity contribution in [1.29, 1.82) is 0 Å². The van der Waals surface area contributed by atoms with Gasteiger partial charge in [0.1, 0.15) is 0 Å². The van der Waals surface area contributed by atoms with Crippen LogP contribution in [0.5, 0.6) is 0 Å². The van der Waals surface area contributed by atoms with E-state index in [4.69, 9.17) is 0 Å². The molecule has 1 aromatic rings. The molecule has 0 aliphatic heterocycles. The van der Waals surface area contributed by atoms with Gasteiger partial charge in [-0.2, -0.15) is 0 Å². The summed E-state index contributed by atoms with van der Waals surface area (Å²) in [5.41, 5.74) is 2.72. The lowest BCUT2D eigenvalue weighted by atomic mass is 10.4. The predicted molar refractivity (Wildman–Crippen MR) is 57.3 cm³/mol. The molecule has 0 fully saturated rings. The van der Waals surface area contributed by atoms with Crippen molar-refractivity contribution >= 4 is 10.8 Å². The van der Waals surface area contributed by atoms with Crippen LogP contribution in [0.2, 0.25) is 0 Å². The molecular formula is C10H15NO2S. The predicted octanol–water partition coefficient (Wildman–Crippen LogP) is 1.34. The standard InChI is InChI=1S/C10H15NO2S/c1-13-11-8-5-9-14(12)10-6-3-2-4-7-10/h2-4,6-7,11H,5,8-9H2,1H3. The molecule has 14 heavy (non-hydrogen) atoms. The molecule has 0 saturated carbocycles. The minimum atomic E-state index is -0.882. The van der Waals surface area contributed by atoms with Gasteiger partial charge < -0.3 is 4.84 Å². The molecule has 0 aliphatic rings. The van der Waals surface area contributed by atoms with E-state index in [0.717, 1.165) is 17.9 Å². The van der Waals surface area contributed by atoms with E-state index >= 15 is 0 Å². The van der Waals surface area contributed by atoms with Crippen molar-refractivity contribution in [2.45, 2.75) is 11.3 Å². The van der Waals surface area contributed by atoms with Crippen LogP contribution in [0.1, 0.15) is 6.42 Å². The molecule has 0 heterocycles. The lowest BCUT2D eigenvalue weighted by molar-refractivity contribution is 0.0922. The van der Waals surface area contributed by atoms with Crippen LogP contribution in [0.4, 0.5) is 0 Å². The van der Waals surface area contributed by atoms with Crippen molar-refractivity contribution in [3.8, 4) is 0 Å². The van der Waals surface area contributed by atoms with Gasteiger partial charge in [-0.1, -0.05) is 18.2 Å². The highest BCUT2D eigenvalue weighted by Gasteiger charge is 2.01. The fraction of sp³-hybridized carbons (Fsp3) is 0.400. The maximum absolute atomic E-state index is 11.7. The van der Waals surface area contributed by atoms with E-state index in [1.165, 1.54) is 0 Å². The van der Waals surface area contributed by atoms with Crippen LogP contribution in [0, 0.1) is 0 Å². The van der Waals surface area contributed by atoms with Crippen LogP contribution in [-0.2, 0) is 15.6 Å². The van der Waals surface area contributed by atoms with Crippen molar-refractivity contribution in [2.75, 3.05) is 19.4 Å². The van der Waals surface area contributed by atoms with E-state index in [1.807, 2.05) is 30.3 Å². The first-order chi connectivity index (χ1) is 6.84. The second-order valence-electron chi connectivity index (χ2n) is 2.81. The third-order valence-corrected chi connectivity index (χ3v) is 3.22. The van der Waals surface area contributed by atoms with Gasteiger partial charge in [-0.3, -0.25) is 4.21 Å². The Balaban J connectivity index is 2.29. The molecule has 1 atom stereocenters. The molecule has 3 nitrogen and oxygen atoms in total. The second kappa shape index (κ2) is 6.70. The molecule has 0 bridgehead atoms. The van der Waals surface area contributed by atoms with Crippen LogP contribution in [0.3, 0.4) is 0 Å². The number of hydrogen-bond donors (Lipinski definition) is 1. The molecule has 0 amide bonds. The quantitative estimate of drug-likeness (QED) is 0.572. The first kappa shape index (κ1) is 11.4. The number of hydrogen-bond acceptors (Lipinski definition) is 3. The molecule has 1 unspecified atom stereocenters. The van der Waals surface area contributed by atoms with Crippen molar-refractivity contribution in [2.24, 2.45) is 0 Å². The van der Waals surface area contributed by atoms with E-state index in [0.29, 0.717) is 5.75 Å². The Morgan fingerprint density at radius 2 is 2.07 bits per heavy atom. The topological polar surface area (TPSA) is 38.3 Å². The summed E-state index contributed by atoms with van der Waals surface area (Å²) < 4.78 is 11.7. The molecule has 1 N–H and O–H groups in total. The SMILES string of the molecule is CONCCCS(=O)c1ccccc1. The van der Waals surface area contributed by atoms with E-state index in [-0.39, 0.29) is 0 Å². The van der Waals surface area contributed by atoms with E-state index in [9.17, 15) is 4.21 Å². The molecule has 0 aliphatic carbocycles. The van der Waals surface area contributed by atoms with Crippen LogP contribution >= 0.6 is 0 Å². The van der Waals surface area contributed by atoms with Gasteiger partial charge >= 0.3 is 0 Å². The summed E-state index contributed by atoms with van der Waals surface area (Å²) in [6.07, 6.45) is 0.843. The minimum absolute atomic E-state index is 0.667. The van der Waals surface area contributed by atoms with E-state index < -0.39 is 10.8 Å². The molecule has 0 saturated heterocycles. The molecule has 0 radical (unpaired) electrons. The highest BCUT2D eigenvalue weighted by atomic mass is 32.2. The van der Waals surface area contributed by atoms with Gasteiger partial charge in [-0.15, -0.1) is 0 Å². The van der Waals surface area contributed by atoms with Gasteiger partial charge in [-0.25, -0.2) is 5.48 Å². The van der Waals surface area contributed by atoms with Gasteiger partial charge in [0.15, 0.2) is 0 Å².